The Labute approximate surface area is 284 Å². The second-order valence-corrected chi connectivity index (χ2v) is 12.3. The van der Waals surface area contributed by atoms with Gasteiger partial charge < -0.3 is 26.2 Å². The number of nitrogens with two attached hydrogens (primary N) is 1. The number of anilines is 1. The molecule has 4 amide bonds. The van der Waals surface area contributed by atoms with Gasteiger partial charge in [0.05, 0.1) is 16.2 Å². The van der Waals surface area contributed by atoms with Crippen LogP contribution in [-0.4, -0.2) is 96.8 Å². The van der Waals surface area contributed by atoms with Crippen molar-refractivity contribution in [2.24, 2.45) is 5.73 Å². The van der Waals surface area contributed by atoms with E-state index in [1.807, 2.05) is 0 Å². The van der Waals surface area contributed by atoms with Gasteiger partial charge in [-0.05, 0) is 68.4 Å². The summed E-state index contributed by atoms with van der Waals surface area (Å²) in [5.74, 6) is -2.19. The van der Waals surface area contributed by atoms with Crippen LogP contribution in [0.3, 0.4) is 0 Å². The first-order valence-electron chi connectivity index (χ1n) is 16.2. The smallest absolute Gasteiger partial charge is 0.270 e. The third-order valence-corrected chi connectivity index (χ3v) is 9.29. The predicted molar refractivity (Wildman–Crippen MR) is 184 cm³/mol. The summed E-state index contributed by atoms with van der Waals surface area (Å²) in [6.07, 6.45) is 5.33. The van der Waals surface area contributed by atoms with Crippen LogP contribution in [0.15, 0.2) is 48.5 Å². The minimum Gasteiger partial charge on any atom is -0.351 e. The highest BCUT2D eigenvalue weighted by atomic mass is 35.5. The van der Waals surface area contributed by atoms with E-state index >= 15 is 0 Å². The number of nitrogens with one attached hydrogen (secondary N) is 2. The van der Waals surface area contributed by atoms with Crippen LogP contribution < -0.4 is 21.3 Å². The molecule has 3 aromatic carbocycles. The molecule has 3 aliphatic rings. The van der Waals surface area contributed by atoms with Crippen molar-refractivity contribution in [3.63, 3.8) is 0 Å². The molecule has 0 unspecified atom stereocenters. The summed E-state index contributed by atoms with van der Waals surface area (Å²) in [6.45, 7) is 5.08. The molecule has 2 fully saturated rings. The number of nitro benzene ring substituents is 1. The van der Waals surface area contributed by atoms with Gasteiger partial charge in [-0.3, -0.25) is 29.3 Å². The number of nitrogens with zero attached hydrogens (tertiary/aromatic N) is 4. The van der Waals surface area contributed by atoms with Crippen molar-refractivity contribution in [3.8, 4) is 0 Å². The average Bonchev–Trinajstić information content (AvgIpc) is 3.10. The zero-order valence-electron chi connectivity index (χ0n) is 26.6. The number of carbonyl (C=O) groups excluding carboxylic acids is 4. The Morgan fingerprint density at radius 3 is 2.29 bits per heavy atom. The molecule has 14 heteroatoms. The van der Waals surface area contributed by atoms with Gasteiger partial charge in [0.1, 0.15) is 0 Å². The topological polar surface area (TPSA) is 171 Å². The maximum Gasteiger partial charge on any atom is 0.270 e. The van der Waals surface area contributed by atoms with E-state index in [1.165, 1.54) is 43.5 Å². The first kappa shape index (κ1) is 34.9. The van der Waals surface area contributed by atoms with E-state index in [2.05, 4.69) is 15.5 Å². The number of nitro groups is 1. The van der Waals surface area contributed by atoms with Crippen molar-refractivity contribution >= 4 is 58.2 Å². The summed E-state index contributed by atoms with van der Waals surface area (Å²) in [5.41, 5.74) is 5.75. The van der Waals surface area contributed by atoms with Crippen LogP contribution in [0.2, 0.25) is 0 Å². The van der Waals surface area contributed by atoms with Gasteiger partial charge in [0.2, 0.25) is 0 Å². The number of non-ortho nitro benzene ring substituents is 1. The van der Waals surface area contributed by atoms with Crippen LogP contribution in [0.4, 0.5) is 11.4 Å². The number of piperidine rings is 2. The summed E-state index contributed by atoms with van der Waals surface area (Å²) in [4.78, 5) is 71.5. The van der Waals surface area contributed by atoms with Gasteiger partial charge in [-0.2, -0.15) is 0 Å². The van der Waals surface area contributed by atoms with Crippen molar-refractivity contribution in [1.82, 2.24) is 20.4 Å². The summed E-state index contributed by atoms with van der Waals surface area (Å²) >= 11 is 0. The number of amides is 4. The maximum atomic E-state index is 14.0. The molecule has 48 heavy (non-hydrogen) atoms. The van der Waals surface area contributed by atoms with Crippen molar-refractivity contribution in [1.29, 1.82) is 0 Å². The molecule has 13 nitrogen and oxygen atoms in total. The van der Waals surface area contributed by atoms with E-state index in [9.17, 15) is 29.3 Å². The number of hydrogen-bond acceptors (Lipinski definition) is 9. The molecule has 0 spiro atoms. The quantitative estimate of drug-likeness (QED) is 0.126. The average molecular weight is 678 g/mol. The molecule has 4 N–H and O–H groups in total. The Kier molecular flexibility index (Phi) is 11.0. The molecule has 0 radical (unpaired) electrons. The Morgan fingerprint density at radius 2 is 1.58 bits per heavy atom. The van der Waals surface area contributed by atoms with Gasteiger partial charge in [0.15, 0.2) is 0 Å². The monoisotopic (exact) mass is 677 g/mol. The lowest BCUT2D eigenvalue weighted by Gasteiger charge is -2.40. The van der Waals surface area contributed by atoms with Gasteiger partial charge >= 0.3 is 0 Å². The summed E-state index contributed by atoms with van der Waals surface area (Å²) in [6, 6.07) is 12.0. The summed E-state index contributed by atoms with van der Waals surface area (Å²) < 4.78 is 0. The first-order chi connectivity index (χ1) is 22.8. The number of likely N-dealkylation sites (tertiary alicyclic amines) is 2. The van der Waals surface area contributed by atoms with Gasteiger partial charge in [-0.15, -0.1) is 12.4 Å². The van der Waals surface area contributed by atoms with Crippen LogP contribution in [0, 0.1) is 10.1 Å². The van der Waals surface area contributed by atoms with E-state index in [-0.39, 0.29) is 58.5 Å². The standard InChI is InChI=1S/C34H39N7O6.ClH/c35-9-10-36-11-12-37-31(42)23-17-24(32(43)39-15-7-25(8-16-39)38-13-2-1-3-14-38)20-26(19-23)40-33(44)28-6-4-5-22-18-27(41(46)47)21-29(30(22)28)34(40)45;/h4-6,17-21,25,36H,1-3,7-16,35H2,(H,37,42);1H. The summed E-state index contributed by atoms with van der Waals surface area (Å²) in [5, 5.41) is 18.3. The van der Waals surface area contributed by atoms with Crippen molar-refractivity contribution < 1.29 is 24.1 Å². The van der Waals surface area contributed by atoms with E-state index in [4.69, 9.17) is 5.73 Å². The molecule has 0 aromatic heterocycles. The van der Waals surface area contributed by atoms with E-state index in [0.717, 1.165) is 36.9 Å². The third kappa shape index (κ3) is 7.04. The number of carbonyl (C=O) groups is 4. The highest BCUT2D eigenvalue weighted by Gasteiger charge is 2.37. The summed E-state index contributed by atoms with van der Waals surface area (Å²) in [7, 11) is 0. The Morgan fingerprint density at radius 1 is 0.875 bits per heavy atom. The number of halogens is 1. The largest absolute Gasteiger partial charge is 0.351 e. The molecular formula is C34H40ClN7O6. The maximum absolute atomic E-state index is 14.0. The van der Waals surface area contributed by atoms with Crippen LogP contribution in [-0.2, 0) is 0 Å². The van der Waals surface area contributed by atoms with E-state index in [1.54, 1.807) is 23.1 Å². The van der Waals surface area contributed by atoms with Gasteiger partial charge in [-0.1, -0.05) is 18.6 Å². The fourth-order valence-electron chi connectivity index (χ4n) is 6.92. The van der Waals surface area contributed by atoms with Crippen LogP contribution in [0.1, 0.15) is 73.5 Å². The predicted octanol–water partition coefficient (Wildman–Crippen LogP) is 3.34. The minimum absolute atomic E-state index is 0. The van der Waals surface area contributed by atoms with Gasteiger partial charge in [0, 0.05) is 79.5 Å². The second kappa shape index (κ2) is 15.2. The lowest BCUT2D eigenvalue weighted by molar-refractivity contribution is -0.384. The normalized spacial score (nSPS) is 16.9. The third-order valence-electron chi connectivity index (χ3n) is 9.29. The molecule has 0 atom stereocenters. The molecule has 6 rings (SSSR count). The van der Waals surface area contributed by atoms with E-state index in [0.29, 0.717) is 49.5 Å². The van der Waals surface area contributed by atoms with E-state index < -0.39 is 22.6 Å². The van der Waals surface area contributed by atoms with Crippen molar-refractivity contribution in [2.45, 2.75) is 38.1 Å². The number of rotatable bonds is 10. The van der Waals surface area contributed by atoms with Crippen molar-refractivity contribution in [2.75, 3.05) is 57.3 Å². The molecule has 254 valence electrons. The molecule has 3 aromatic rings. The lowest BCUT2D eigenvalue weighted by Crippen LogP contribution is -2.48. The number of hydrogen-bond donors (Lipinski definition) is 3. The highest BCUT2D eigenvalue weighted by molar-refractivity contribution is 6.36. The molecule has 0 aliphatic carbocycles. The van der Waals surface area contributed by atoms with Crippen LogP contribution in [0.25, 0.3) is 10.8 Å². The minimum atomic E-state index is -0.772. The number of imide groups is 1. The Hall–Kier alpha value is -4.43. The zero-order chi connectivity index (χ0) is 33.1. The van der Waals surface area contributed by atoms with Gasteiger partial charge in [0.25, 0.3) is 29.3 Å². The van der Waals surface area contributed by atoms with Crippen LogP contribution in [0.5, 0.6) is 0 Å². The highest BCUT2D eigenvalue weighted by Crippen LogP contribution is 2.36. The first-order valence-corrected chi connectivity index (χ1v) is 16.2. The van der Waals surface area contributed by atoms with Gasteiger partial charge in [-0.25, -0.2) is 4.90 Å². The molecule has 0 saturated carbocycles. The molecular weight excluding hydrogens is 638 g/mol. The Balaban J connectivity index is 0.00000451. The molecule has 2 saturated heterocycles. The lowest BCUT2D eigenvalue weighted by atomic mass is 9.92. The molecule has 0 bridgehead atoms. The molecule has 3 heterocycles. The SMILES string of the molecule is Cl.NCCNCCNC(=O)c1cc(C(=O)N2CCC(N3CCCCC3)CC2)cc(N2C(=O)c3cccc4cc([N+](=O)[O-])cc(c34)C2=O)c1. The second-order valence-electron chi connectivity index (χ2n) is 12.3. The van der Waals surface area contributed by atoms with Crippen LogP contribution >= 0.6 is 12.4 Å². The number of benzene rings is 3. The fourth-order valence-corrected chi connectivity index (χ4v) is 6.92. The van der Waals surface area contributed by atoms with Crippen molar-refractivity contribution in [3.05, 3.63) is 80.9 Å². The zero-order valence-corrected chi connectivity index (χ0v) is 27.4. The fraction of sp³-hybridized carbons (Fsp3) is 0.412. The molecule has 3 aliphatic heterocycles. The Bertz CT molecular complexity index is 1740.